The lowest BCUT2D eigenvalue weighted by Gasteiger charge is -1.99. The first kappa shape index (κ1) is 15.7. The second-order valence-corrected chi connectivity index (χ2v) is 5.78. The number of hydrogen-bond donors (Lipinski definition) is 1. The molecule has 1 aliphatic carbocycles. The number of nitro groups is 1. The van der Waals surface area contributed by atoms with Crippen molar-refractivity contribution in [1.29, 1.82) is 0 Å². The Morgan fingerprint density at radius 3 is 2.04 bits per heavy atom. The molecule has 0 bridgehead atoms. The summed E-state index contributed by atoms with van der Waals surface area (Å²) in [6.07, 6.45) is 1.32. The van der Waals surface area contributed by atoms with E-state index in [1.807, 2.05) is 48.5 Å². The maximum atomic E-state index is 10.9. The standard InChI is InChI=1S/C20H13N3O3/c24-19-10-9-14(23(25)26)11-13(19)12-21-22-20-17-7-3-1-5-15(17)16-6-2-4-8-18(16)20/h1-12,24H/b21-12-. The highest BCUT2D eigenvalue weighted by Crippen LogP contribution is 2.36. The van der Waals surface area contributed by atoms with Gasteiger partial charge in [-0.05, 0) is 17.2 Å². The smallest absolute Gasteiger partial charge is 0.270 e. The quantitative estimate of drug-likeness (QED) is 0.344. The molecule has 4 rings (SSSR count). The summed E-state index contributed by atoms with van der Waals surface area (Å²) in [5, 5.41) is 29.1. The number of rotatable bonds is 3. The normalized spacial score (nSPS) is 12.1. The topological polar surface area (TPSA) is 88.1 Å². The number of benzene rings is 3. The minimum atomic E-state index is -0.522. The van der Waals surface area contributed by atoms with Gasteiger partial charge >= 0.3 is 0 Å². The van der Waals surface area contributed by atoms with E-state index in [0.29, 0.717) is 0 Å². The first-order valence-corrected chi connectivity index (χ1v) is 7.93. The van der Waals surface area contributed by atoms with Crippen LogP contribution in [0.2, 0.25) is 0 Å². The van der Waals surface area contributed by atoms with Crippen LogP contribution in [0.1, 0.15) is 16.7 Å². The first-order valence-electron chi connectivity index (χ1n) is 7.93. The minimum Gasteiger partial charge on any atom is -0.507 e. The number of phenolic OH excluding ortho intramolecular Hbond substituents is 1. The van der Waals surface area contributed by atoms with Gasteiger partial charge in [0.1, 0.15) is 11.5 Å². The van der Waals surface area contributed by atoms with Gasteiger partial charge in [0, 0.05) is 28.8 Å². The predicted octanol–water partition coefficient (Wildman–Crippen LogP) is 4.15. The van der Waals surface area contributed by atoms with Crippen LogP contribution in [-0.4, -0.2) is 22.0 Å². The molecule has 0 unspecified atom stereocenters. The van der Waals surface area contributed by atoms with E-state index in [2.05, 4.69) is 10.2 Å². The van der Waals surface area contributed by atoms with Crippen LogP contribution in [0.5, 0.6) is 5.75 Å². The number of fused-ring (bicyclic) bond motifs is 3. The van der Waals surface area contributed by atoms with Crippen LogP contribution in [0, 0.1) is 10.1 Å². The summed E-state index contributed by atoms with van der Waals surface area (Å²) in [4.78, 5) is 10.4. The SMILES string of the molecule is O=[N+]([O-])c1ccc(O)c(/C=N\N=C2c3ccccc3-c3ccccc32)c1. The molecule has 0 fully saturated rings. The second-order valence-electron chi connectivity index (χ2n) is 5.78. The van der Waals surface area contributed by atoms with Gasteiger partial charge in [0.15, 0.2) is 0 Å². The molecule has 1 aliphatic rings. The van der Waals surface area contributed by atoms with Crippen LogP contribution in [0.3, 0.4) is 0 Å². The summed E-state index contributed by atoms with van der Waals surface area (Å²) in [6.45, 7) is 0. The van der Waals surface area contributed by atoms with Crippen molar-refractivity contribution in [1.82, 2.24) is 0 Å². The molecule has 1 N–H and O–H groups in total. The molecular formula is C20H13N3O3. The van der Waals surface area contributed by atoms with Crippen LogP contribution in [-0.2, 0) is 0 Å². The molecule has 0 heterocycles. The summed E-state index contributed by atoms with van der Waals surface area (Å²) in [6, 6.07) is 19.6. The Hall–Kier alpha value is -3.80. The number of nitro benzene ring substituents is 1. The van der Waals surface area contributed by atoms with Gasteiger partial charge in [-0.3, -0.25) is 10.1 Å². The summed E-state index contributed by atoms with van der Waals surface area (Å²) in [5.74, 6) is -0.0910. The third-order valence-corrected chi connectivity index (χ3v) is 4.23. The fourth-order valence-electron chi connectivity index (χ4n) is 3.01. The lowest BCUT2D eigenvalue weighted by molar-refractivity contribution is -0.384. The molecule has 3 aromatic carbocycles. The van der Waals surface area contributed by atoms with Crippen molar-refractivity contribution in [2.45, 2.75) is 0 Å². The number of phenols is 1. The summed E-state index contributed by atoms with van der Waals surface area (Å²) >= 11 is 0. The molecule has 26 heavy (non-hydrogen) atoms. The van der Waals surface area contributed by atoms with Crippen LogP contribution in [0.25, 0.3) is 11.1 Å². The van der Waals surface area contributed by atoms with Crippen molar-refractivity contribution in [3.05, 3.63) is 93.5 Å². The molecule has 126 valence electrons. The van der Waals surface area contributed by atoms with E-state index in [9.17, 15) is 15.2 Å². The summed E-state index contributed by atoms with van der Waals surface area (Å²) in [5.41, 5.74) is 5.00. The van der Waals surface area contributed by atoms with Gasteiger partial charge in [0.05, 0.1) is 11.1 Å². The van der Waals surface area contributed by atoms with Crippen LogP contribution in [0.4, 0.5) is 5.69 Å². The van der Waals surface area contributed by atoms with Gasteiger partial charge < -0.3 is 5.11 Å². The van der Waals surface area contributed by atoms with Crippen molar-refractivity contribution >= 4 is 17.6 Å². The third kappa shape index (κ3) is 2.63. The summed E-state index contributed by atoms with van der Waals surface area (Å²) < 4.78 is 0. The molecule has 0 radical (unpaired) electrons. The zero-order valence-electron chi connectivity index (χ0n) is 13.5. The van der Waals surface area contributed by atoms with Crippen LogP contribution in [0.15, 0.2) is 76.9 Å². The Morgan fingerprint density at radius 1 is 0.885 bits per heavy atom. The highest BCUT2D eigenvalue weighted by molar-refractivity contribution is 6.24. The van der Waals surface area contributed by atoms with E-state index in [-0.39, 0.29) is 17.0 Å². The molecule has 0 amide bonds. The third-order valence-electron chi connectivity index (χ3n) is 4.23. The molecule has 0 saturated carbocycles. The molecule has 6 heteroatoms. The van der Waals surface area contributed by atoms with Crippen molar-refractivity contribution < 1.29 is 10.0 Å². The highest BCUT2D eigenvalue weighted by atomic mass is 16.6. The van der Waals surface area contributed by atoms with E-state index in [1.54, 1.807) is 0 Å². The average Bonchev–Trinajstić information content (AvgIpc) is 2.97. The molecular weight excluding hydrogens is 330 g/mol. The second kappa shape index (κ2) is 6.25. The van der Waals surface area contributed by atoms with Gasteiger partial charge in [-0.15, -0.1) is 5.10 Å². The lowest BCUT2D eigenvalue weighted by Crippen LogP contribution is -1.97. The Labute approximate surface area is 148 Å². The largest absolute Gasteiger partial charge is 0.507 e. The summed E-state index contributed by atoms with van der Waals surface area (Å²) in [7, 11) is 0. The lowest BCUT2D eigenvalue weighted by atomic mass is 10.1. The Bertz CT molecular complexity index is 1040. The number of nitrogens with zero attached hydrogens (tertiary/aromatic N) is 3. The molecule has 0 aliphatic heterocycles. The van der Waals surface area contributed by atoms with Gasteiger partial charge in [-0.2, -0.15) is 5.10 Å². The van der Waals surface area contributed by atoms with Gasteiger partial charge in [0.2, 0.25) is 0 Å². The van der Waals surface area contributed by atoms with Crippen LogP contribution >= 0.6 is 0 Å². The first-order chi connectivity index (χ1) is 12.6. The van der Waals surface area contributed by atoms with Crippen LogP contribution < -0.4 is 0 Å². The minimum absolute atomic E-state index is 0.0910. The maximum absolute atomic E-state index is 10.9. The molecule has 3 aromatic rings. The van der Waals surface area contributed by atoms with E-state index < -0.39 is 4.92 Å². The zero-order valence-corrected chi connectivity index (χ0v) is 13.5. The van der Waals surface area contributed by atoms with Crippen molar-refractivity contribution in [2.24, 2.45) is 10.2 Å². The van der Waals surface area contributed by atoms with E-state index in [1.165, 1.54) is 24.4 Å². The number of aromatic hydroxyl groups is 1. The van der Waals surface area contributed by atoms with Crippen molar-refractivity contribution in [3.63, 3.8) is 0 Å². The van der Waals surface area contributed by atoms with Crippen molar-refractivity contribution in [3.8, 4) is 16.9 Å². The average molecular weight is 343 g/mol. The van der Waals surface area contributed by atoms with E-state index in [4.69, 9.17) is 0 Å². The monoisotopic (exact) mass is 343 g/mol. The molecule has 0 saturated heterocycles. The Kier molecular flexibility index (Phi) is 3.78. The highest BCUT2D eigenvalue weighted by Gasteiger charge is 2.23. The molecule has 0 spiro atoms. The predicted molar refractivity (Wildman–Crippen MR) is 99.9 cm³/mol. The zero-order chi connectivity index (χ0) is 18.1. The maximum Gasteiger partial charge on any atom is 0.270 e. The van der Waals surface area contributed by atoms with Gasteiger partial charge in [0.25, 0.3) is 5.69 Å². The fraction of sp³-hybridized carbons (Fsp3) is 0. The Morgan fingerprint density at radius 2 is 1.46 bits per heavy atom. The molecule has 0 atom stereocenters. The van der Waals surface area contributed by atoms with Gasteiger partial charge in [-0.25, -0.2) is 0 Å². The number of non-ortho nitro benzene ring substituents is 1. The van der Waals surface area contributed by atoms with Crippen molar-refractivity contribution in [2.75, 3.05) is 0 Å². The molecule has 6 nitrogen and oxygen atoms in total. The van der Waals surface area contributed by atoms with Gasteiger partial charge in [-0.1, -0.05) is 48.5 Å². The fourth-order valence-corrected chi connectivity index (χ4v) is 3.01. The number of hydrogen-bond acceptors (Lipinski definition) is 5. The van der Waals surface area contributed by atoms with E-state index >= 15 is 0 Å². The molecule has 0 aromatic heterocycles. The Balaban J connectivity index is 1.75. The van der Waals surface area contributed by atoms with E-state index in [0.717, 1.165) is 28.0 Å².